The SMILES string of the molecule is O=C1NC2(CCN(Cc3ccc(F)c(Cl)c3)CC2)C[C@H]1c1ccccc1. The van der Waals surface area contributed by atoms with Gasteiger partial charge in [0.2, 0.25) is 5.91 Å². The van der Waals surface area contributed by atoms with E-state index < -0.39 is 0 Å². The summed E-state index contributed by atoms with van der Waals surface area (Å²) >= 11 is 5.88. The molecule has 2 aliphatic heterocycles. The summed E-state index contributed by atoms with van der Waals surface area (Å²) in [6, 6.07) is 14.9. The molecular weight excluding hydrogens is 351 g/mol. The zero-order valence-electron chi connectivity index (χ0n) is 14.6. The molecule has 0 radical (unpaired) electrons. The Morgan fingerprint density at radius 2 is 1.88 bits per heavy atom. The van der Waals surface area contributed by atoms with Crippen molar-refractivity contribution in [3.05, 3.63) is 70.5 Å². The van der Waals surface area contributed by atoms with Crippen LogP contribution in [0.3, 0.4) is 0 Å². The Labute approximate surface area is 158 Å². The van der Waals surface area contributed by atoms with Gasteiger partial charge in [-0.2, -0.15) is 0 Å². The van der Waals surface area contributed by atoms with Crippen LogP contribution in [0.15, 0.2) is 48.5 Å². The van der Waals surface area contributed by atoms with Crippen LogP contribution < -0.4 is 5.32 Å². The van der Waals surface area contributed by atoms with Gasteiger partial charge in [0.1, 0.15) is 5.82 Å². The molecule has 2 saturated heterocycles. The van der Waals surface area contributed by atoms with Crippen LogP contribution in [-0.4, -0.2) is 29.4 Å². The lowest BCUT2D eigenvalue weighted by Gasteiger charge is -2.39. The number of nitrogens with zero attached hydrogens (tertiary/aromatic N) is 1. The van der Waals surface area contributed by atoms with Gasteiger partial charge in [0.15, 0.2) is 0 Å². The fourth-order valence-electron chi connectivity index (χ4n) is 4.20. The van der Waals surface area contributed by atoms with E-state index in [1.54, 1.807) is 12.1 Å². The number of hydrogen-bond donors (Lipinski definition) is 1. The number of rotatable bonds is 3. The molecule has 0 aromatic heterocycles. The van der Waals surface area contributed by atoms with Gasteiger partial charge in [-0.3, -0.25) is 9.69 Å². The minimum atomic E-state index is -0.381. The first-order valence-corrected chi connectivity index (χ1v) is 9.46. The van der Waals surface area contributed by atoms with Gasteiger partial charge < -0.3 is 5.32 Å². The van der Waals surface area contributed by atoms with Crippen molar-refractivity contribution in [2.24, 2.45) is 0 Å². The van der Waals surface area contributed by atoms with Crippen molar-refractivity contribution < 1.29 is 9.18 Å². The predicted octanol–water partition coefficient (Wildman–Crippen LogP) is 4.12. The monoisotopic (exact) mass is 372 g/mol. The summed E-state index contributed by atoms with van der Waals surface area (Å²) < 4.78 is 13.3. The summed E-state index contributed by atoms with van der Waals surface area (Å²) in [4.78, 5) is 14.9. The van der Waals surface area contributed by atoms with Crippen molar-refractivity contribution in [3.63, 3.8) is 0 Å². The minimum Gasteiger partial charge on any atom is -0.350 e. The predicted molar refractivity (Wildman–Crippen MR) is 101 cm³/mol. The van der Waals surface area contributed by atoms with Crippen LogP contribution in [0.4, 0.5) is 4.39 Å². The molecule has 2 aromatic carbocycles. The molecule has 1 N–H and O–H groups in total. The highest BCUT2D eigenvalue weighted by molar-refractivity contribution is 6.30. The standard InChI is InChI=1S/C21H22ClFN2O/c22-18-12-15(6-7-19(18)23)14-25-10-8-21(9-11-25)13-17(20(26)24-21)16-4-2-1-3-5-16/h1-7,12,17H,8-11,13-14H2,(H,24,26)/t17-/m0/s1. The zero-order chi connectivity index (χ0) is 18.1. The van der Waals surface area contributed by atoms with Crippen LogP contribution in [0.2, 0.25) is 5.02 Å². The van der Waals surface area contributed by atoms with Crippen molar-refractivity contribution in [2.45, 2.75) is 37.3 Å². The molecule has 5 heteroatoms. The van der Waals surface area contributed by atoms with Gasteiger partial charge in [-0.1, -0.05) is 48.0 Å². The van der Waals surface area contributed by atoms with Gasteiger partial charge >= 0.3 is 0 Å². The van der Waals surface area contributed by atoms with E-state index in [0.717, 1.165) is 50.0 Å². The van der Waals surface area contributed by atoms with Crippen LogP contribution >= 0.6 is 11.6 Å². The Morgan fingerprint density at radius 1 is 1.15 bits per heavy atom. The van der Waals surface area contributed by atoms with Gasteiger partial charge in [0, 0.05) is 25.2 Å². The quantitative estimate of drug-likeness (QED) is 0.879. The number of hydrogen-bond acceptors (Lipinski definition) is 2. The largest absolute Gasteiger partial charge is 0.350 e. The molecule has 0 unspecified atom stereocenters. The third kappa shape index (κ3) is 3.49. The molecular formula is C21H22ClFN2O. The molecule has 2 heterocycles. The third-order valence-corrected chi connectivity index (χ3v) is 5.99. The molecule has 4 rings (SSSR count). The topological polar surface area (TPSA) is 32.3 Å². The summed E-state index contributed by atoms with van der Waals surface area (Å²) in [6.45, 7) is 2.58. The number of nitrogens with one attached hydrogen (secondary N) is 1. The number of carbonyl (C=O) groups is 1. The molecule has 136 valence electrons. The van der Waals surface area contributed by atoms with Crippen LogP contribution in [0.1, 0.15) is 36.3 Å². The number of piperidine rings is 1. The average Bonchev–Trinajstić information content (AvgIpc) is 2.97. The van der Waals surface area contributed by atoms with Gasteiger partial charge in [-0.15, -0.1) is 0 Å². The van der Waals surface area contributed by atoms with Crippen LogP contribution in [0, 0.1) is 5.82 Å². The molecule has 2 aromatic rings. The van der Waals surface area contributed by atoms with Gasteiger partial charge in [-0.25, -0.2) is 4.39 Å². The molecule has 0 saturated carbocycles. The lowest BCUT2D eigenvalue weighted by molar-refractivity contribution is -0.121. The second-order valence-corrected chi connectivity index (χ2v) is 7.87. The molecule has 26 heavy (non-hydrogen) atoms. The van der Waals surface area contributed by atoms with Crippen molar-refractivity contribution >= 4 is 17.5 Å². The summed E-state index contributed by atoms with van der Waals surface area (Å²) in [5, 5.41) is 3.45. The zero-order valence-corrected chi connectivity index (χ0v) is 15.3. The Balaban J connectivity index is 1.39. The maximum Gasteiger partial charge on any atom is 0.228 e. The number of benzene rings is 2. The van der Waals surface area contributed by atoms with Crippen molar-refractivity contribution in [1.82, 2.24) is 10.2 Å². The fourth-order valence-corrected chi connectivity index (χ4v) is 4.41. The first-order valence-electron chi connectivity index (χ1n) is 9.08. The highest BCUT2D eigenvalue weighted by Gasteiger charge is 2.45. The second-order valence-electron chi connectivity index (χ2n) is 7.46. The first kappa shape index (κ1) is 17.5. The van der Waals surface area contributed by atoms with E-state index in [1.807, 2.05) is 30.3 Å². The van der Waals surface area contributed by atoms with E-state index in [-0.39, 0.29) is 28.2 Å². The lowest BCUT2D eigenvalue weighted by atomic mass is 9.82. The molecule has 1 amide bonds. The number of halogens is 2. The Kier molecular flexibility index (Phi) is 4.72. The molecule has 2 fully saturated rings. The molecule has 1 atom stereocenters. The molecule has 0 aliphatic carbocycles. The minimum absolute atomic E-state index is 0.0429. The maximum atomic E-state index is 13.3. The summed E-state index contributed by atoms with van der Waals surface area (Å²) in [5.41, 5.74) is 2.03. The van der Waals surface area contributed by atoms with Gasteiger partial charge in [0.25, 0.3) is 0 Å². The van der Waals surface area contributed by atoms with E-state index in [2.05, 4.69) is 10.2 Å². The van der Waals surface area contributed by atoms with Crippen LogP contribution in [-0.2, 0) is 11.3 Å². The van der Waals surface area contributed by atoms with Crippen molar-refractivity contribution in [3.8, 4) is 0 Å². The third-order valence-electron chi connectivity index (χ3n) is 5.71. The van der Waals surface area contributed by atoms with Gasteiger partial charge in [-0.05, 0) is 42.5 Å². The lowest BCUT2D eigenvalue weighted by Crippen LogP contribution is -2.50. The first-order chi connectivity index (χ1) is 12.5. The van der Waals surface area contributed by atoms with E-state index >= 15 is 0 Å². The van der Waals surface area contributed by atoms with E-state index in [9.17, 15) is 9.18 Å². The normalized spacial score (nSPS) is 22.5. The van der Waals surface area contributed by atoms with Crippen LogP contribution in [0.25, 0.3) is 0 Å². The van der Waals surface area contributed by atoms with Crippen LogP contribution in [0.5, 0.6) is 0 Å². The van der Waals surface area contributed by atoms with Crippen molar-refractivity contribution in [1.29, 1.82) is 0 Å². The second kappa shape index (κ2) is 7.01. The van der Waals surface area contributed by atoms with Crippen molar-refractivity contribution in [2.75, 3.05) is 13.1 Å². The highest BCUT2D eigenvalue weighted by Crippen LogP contribution is 2.39. The Bertz CT molecular complexity index is 803. The summed E-state index contributed by atoms with van der Waals surface area (Å²) in [7, 11) is 0. The average molecular weight is 373 g/mol. The van der Waals surface area contributed by atoms with E-state index in [1.165, 1.54) is 6.07 Å². The molecule has 0 bridgehead atoms. The number of likely N-dealkylation sites (tertiary alicyclic amines) is 1. The Morgan fingerprint density at radius 3 is 2.58 bits per heavy atom. The maximum absolute atomic E-state index is 13.3. The highest BCUT2D eigenvalue weighted by atomic mass is 35.5. The summed E-state index contributed by atoms with van der Waals surface area (Å²) in [6.07, 6.45) is 2.75. The van der Waals surface area contributed by atoms with E-state index in [0.29, 0.717) is 0 Å². The Hall–Kier alpha value is -1.91. The molecule has 3 nitrogen and oxygen atoms in total. The molecule has 1 spiro atoms. The van der Waals surface area contributed by atoms with E-state index in [4.69, 9.17) is 11.6 Å². The number of carbonyl (C=O) groups excluding carboxylic acids is 1. The fraction of sp³-hybridized carbons (Fsp3) is 0.381. The smallest absolute Gasteiger partial charge is 0.228 e. The summed E-state index contributed by atoms with van der Waals surface area (Å²) in [5.74, 6) is -0.276. The number of amides is 1. The molecule has 2 aliphatic rings. The van der Waals surface area contributed by atoms with Gasteiger partial charge in [0.05, 0.1) is 10.9 Å².